The summed E-state index contributed by atoms with van der Waals surface area (Å²) in [6.45, 7) is 2.42. The van der Waals surface area contributed by atoms with Gasteiger partial charge in [-0.05, 0) is 24.5 Å². The van der Waals surface area contributed by atoms with Crippen molar-refractivity contribution in [2.45, 2.75) is 25.5 Å². The predicted molar refractivity (Wildman–Crippen MR) is 75.2 cm³/mol. The molecule has 0 spiro atoms. The van der Waals surface area contributed by atoms with Crippen molar-refractivity contribution in [1.29, 1.82) is 0 Å². The molecule has 2 heterocycles. The first-order valence-electron chi connectivity index (χ1n) is 6.76. The van der Waals surface area contributed by atoms with E-state index in [1.807, 2.05) is 24.3 Å². The van der Waals surface area contributed by atoms with Crippen LogP contribution >= 0.6 is 0 Å². The normalized spacial score (nSPS) is 19.1. The maximum absolute atomic E-state index is 11.6. The van der Waals surface area contributed by atoms with Crippen LogP contribution in [0.2, 0.25) is 0 Å². The fourth-order valence-electron chi connectivity index (χ4n) is 2.60. The van der Waals surface area contributed by atoms with Gasteiger partial charge in [-0.1, -0.05) is 18.2 Å². The zero-order chi connectivity index (χ0) is 13.1. The summed E-state index contributed by atoms with van der Waals surface area (Å²) in [4.78, 5) is 14.5. The zero-order valence-corrected chi connectivity index (χ0v) is 10.8. The number of nitrogens with one attached hydrogen (secondary N) is 2. The fraction of sp³-hybridized carbons (Fsp3) is 0.400. The van der Waals surface area contributed by atoms with E-state index in [2.05, 4.69) is 10.3 Å². The highest BCUT2D eigenvalue weighted by molar-refractivity contribution is 5.81. The minimum absolute atomic E-state index is 0.0485. The van der Waals surface area contributed by atoms with E-state index in [1.165, 1.54) is 0 Å². The van der Waals surface area contributed by atoms with Crippen LogP contribution in [0.15, 0.2) is 35.1 Å². The highest BCUT2D eigenvalue weighted by atomic mass is 16.5. The topological polar surface area (TPSA) is 54.1 Å². The monoisotopic (exact) mass is 258 g/mol. The third kappa shape index (κ3) is 2.85. The van der Waals surface area contributed by atoms with E-state index in [-0.39, 0.29) is 5.56 Å². The molecule has 1 aromatic heterocycles. The molecule has 2 aromatic rings. The molecule has 4 nitrogen and oxygen atoms in total. The van der Waals surface area contributed by atoms with E-state index in [0.717, 1.165) is 42.5 Å². The minimum atomic E-state index is -0.0485. The van der Waals surface area contributed by atoms with Gasteiger partial charge in [-0.3, -0.25) is 4.79 Å². The van der Waals surface area contributed by atoms with Gasteiger partial charge in [-0.25, -0.2) is 0 Å². The summed E-state index contributed by atoms with van der Waals surface area (Å²) in [5.74, 6) is 0. The number of rotatable bonds is 4. The molecule has 0 saturated carbocycles. The van der Waals surface area contributed by atoms with Crippen molar-refractivity contribution in [1.82, 2.24) is 10.3 Å². The first-order chi connectivity index (χ1) is 9.33. The molecule has 1 fully saturated rings. The van der Waals surface area contributed by atoms with Crippen LogP contribution in [0.4, 0.5) is 0 Å². The SMILES string of the molecule is O=c1cc(CNCC2CCCO2)c2ccccc2[nH]1. The molecule has 19 heavy (non-hydrogen) atoms. The summed E-state index contributed by atoms with van der Waals surface area (Å²) in [5, 5.41) is 4.48. The van der Waals surface area contributed by atoms with Gasteiger partial charge < -0.3 is 15.0 Å². The standard InChI is InChI=1S/C15H18N2O2/c18-15-8-11(9-16-10-12-4-3-7-19-12)13-5-1-2-6-14(13)17-15/h1-2,5-6,8,12,16H,3-4,7,9-10H2,(H,17,18). The van der Waals surface area contributed by atoms with Crippen molar-refractivity contribution in [3.05, 3.63) is 46.2 Å². The van der Waals surface area contributed by atoms with Crippen molar-refractivity contribution in [2.24, 2.45) is 0 Å². The van der Waals surface area contributed by atoms with Crippen molar-refractivity contribution >= 4 is 10.9 Å². The number of fused-ring (bicyclic) bond motifs is 1. The maximum Gasteiger partial charge on any atom is 0.248 e. The third-order valence-corrected chi connectivity index (χ3v) is 3.55. The lowest BCUT2D eigenvalue weighted by atomic mass is 10.1. The van der Waals surface area contributed by atoms with Crippen molar-refractivity contribution in [3.8, 4) is 0 Å². The molecule has 1 unspecified atom stereocenters. The molecule has 4 heteroatoms. The number of ether oxygens (including phenoxy) is 1. The molecule has 0 bridgehead atoms. The Morgan fingerprint density at radius 3 is 3.11 bits per heavy atom. The Bertz CT molecular complexity index is 615. The highest BCUT2D eigenvalue weighted by Gasteiger charge is 2.14. The van der Waals surface area contributed by atoms with E-state index in [1.54, 1.807) is 6.07 Å². The van der Waals surface area contributed by atoms with Gasteiger partial charge in [0.25, 0.3) is 0 Å². The number of hydrogen-bond donors (Lipinski definition) is 2. The summed E-state index contributed by atoms with van der Waals surface area (Å²) >= 11 is 0. The number of pyridine rings is 1. The largest absolute Gasteiger partial charge is 0.377 e. The number of para-hydroxylation sites is 1. The van der Waals surface area contributed by atoms with Crippen LogP contribution in [0, 0.1) is 0 Å². The van der Waals surface area contributed by atoms with Crippen LogP contribution in [0.25, 0.3) is 10.9 Å². The Balaban J connectivity index is 1.74. The average Bonchev–Trinajstić information content (AvgIpc) is 2.91. The number of aromatic nitrogens is 1. The number of aromatic amines is 1. The fourth-order valence-corrected chi connectivity index (χ4v) is 2.60. The van der Waals surface area contributed by atoms with E-state index < -0.39 is 0 Å². The maximum atomic E-state index is 11.6. The first-order valence-corrected chi connectivity index (χ1v) is 6.76. The summed E-state index contributed by atoms with van der Waals surface area (Å²) < 4.78 is 5.57. The van der Waals surface area contributed by atoms with Crippen LogP contribution < -0.4 is 10.9 Å². The Hall–Kier alpha value is -1.65. The van der Waals surface area contributed by atoms with Crippen LogP contribution in [0.3, 0.4) is 0 Å². The van der Waals surface area contributed by atoms with Crippen molar-refractivity contribution in [2.75, 3.05) is 13.2 Å². The molecular weight excluding hydrogens is 240 g/mol. The van der Waals surface area contributed by atoms with Crippen LogP contribution in [-0.4, -0.2) is 24.2 Å². The molecule has 1 aliphatic rings. The van der Waals surface area contributed by atoms with Gasteiger partial charge in [-0.2, -0.15) is 0 Å². The second-order valence-electron chi connectivity index (χ2n) is 4.97. The highest BCUT2D eigenvalue weighted by Crippen LogP contribution is 2.15. The average molecular weight is 258 g/mol. The van der Waals surface area contributed by atoms with Gasteiger partial charge >= 0.3 is 0 Å². The lowest BCUT2D eigenvalue weighted by molar-refractivity contribution is 0.110. The summed E-state index contributed by atoms with van der Waals surface area (Å²) in [7, 11) is 0. The lowest BCUT2D eigenvalue weighted by Crippen LogP contribution is -2.26. The van der Waals surface area contributed by atoms with Gasteiger partial charge in [0.15, 0.2) is 0 Å². The molecule has 100 valence electrons. The molecule has 0 aliphatic carbocycles. The smallest absolute Gasteiger partial charge is 0.248 e. The Labute approximate surface area is 111 Å². The lowest BCUT2D eigenvalue weighted by Gasteiger charge is -2.11. The van der Waals surface area contributed by atoms with E-state index >= 15 is 0 Å². The number of hydrogen-bond acceptors (Lipinski definition) is 3. The van der Waals surface area contributed by atoms with E-state index in [9.17, 15) is 4.79 Å². The van der Waals surface area contributed by atoms with Crippen LogP contribution in [-0.2, 0) is 11.3 Å². The summed E-state index contributed by atoms with van der Waals surface area (Å²) in [6.07, 6.45) is 2.61. The predicted octanol–water partition coefficient (Wildman–Crippen LogP) is 1.80. The molecule has 3 rings (SSSR count). The Kier molecular flexibility index (Phi) is 3.62. The molecular formula is C15H18N2O2. The molecule has 1 saturated heterocycles. The van der Waals surface area contributed by atoms with Crippen LogP contribution in [0.5, 0.6) is 0 Å². The van der Waals surface area contributed by atoms with Crippen LogP contribution in [0.1, 0.15) is 18.4 Å². The van der Waals surface area contributed by atoms with Gasteiger partial charge in [0, 0.05) is 36.7 Å². The summed E-state index contributed by atoms with van der Waals surface area (Å²) in [5.41, 5.74) is 1.88. The molecule has 0 amide bonds. The Morgan fingerprint density at radius 2 is 2.26 bits per heavy atom. The van der Waals surface area contributed by atoms with E-state index in [0.29, 0.717) is 12.6 Å². The molecule has 2 N–H and O–H groups in total. The zero-order valence-electron chi connectivity index (χ0n) is 10.8. The molecule has 1 atom stereocenters. The number of benzene rings is 1. The molecule has 1 aromatic carbocycles. The van der Waals surface area contributed by atoms with Gasteiger partial charge in [-0.15, -0.1) is 0 Å². The summed E-state index contributed by atoms with van der Waals surface area (Å²) in [6, 6.07) is 9.56. The van der Waals surface area contributed by atoms with Gasteiger partial charge in [0.1, 0.15) is 0 Å². The second-order valence-corrected chi connectivity index (χ2v) is 4.97. The van der Waals surface area contributed by atoms with Crippen molar-refractivity contribution in [3.63, 3.8) is 0 Å². The Morgan fingerprint density at radius 1 is 1.37 bits per heavy atom. The number of H-pyrrole nitrogens is 1. The molecule has 1 aliphatic heterocycles. The first kappa shape index (κ1) is 12.4. The minimum Gasteiger partial charge on any atom is -0.377 e. The van der Waals surface area contributed by atoms with E-state index in [4.69, 9.17) is 4.74 Å². The third-order valence-electron chi connectivity index (χ3n) is 3.55. The van der Waals surface area contributed by atoms with Gasteiger partial charge in [0.05, 0.1) is 6.10 Å². The quantitative estimate of drug-likeness (QED) is 0.879. The second kappa shape index (κ2) is 5.55. The van der Waals surface area contributed by atoms with Crippen molar-refractivity contribution < 1.29 is 4.74 Å². The van der Waals surface area contributed by atoms with Gasteiger partial charge in [0.2, 0.25) is 5.56 Å². The molecule has 0 radical (unpaired) electrons.